The van der Waals surface area contributed by atoms with Crippen LogP contribution in [0.25, 0.3) is 0 Å². The van der Waals surface area contributed by atoms with Crippen molar-refractivity contribution in [3.05, 3.63) is 12.7 Å². The molecule has 0 amide bonds. The van der Waals surface area contributed by atoms with Crippen LogP contribution in [0.4, 0.5) is 0 Å². The van der Waals surface area contributed by atoms with E-state index < -0.39 is 0 Å². The van der Waals surface area contributed by atoms with Gasteiger partial charge in [-0.15, -0.1) is 6.58 Å². The summed E-state index contributed by atoms with van der Waals surface area (Å²) >= 11 is 0. The molecule has 0 radical (unpaired) electrons. The smallest absolute Gasteiger partial charge is 0.0564 e. The van der Waals surface area contributed by atoms with E-state index in [9.17, 15) is 0 Å². The molecule has 0 spiro atoms. The van der Waals surface area contributed by atoms with Gasteiger partial charge in [-0.05, 0) is 38.5 Å². The molecule has 0 saturated heterocycles. The fourth-order valence-electron chi connectivity index (χ4n) is 2.24. The van der Waals surface area contributed by atoms with E-state index in [1.807, 2.05) is 13.0 Å². The molecule has 0 saturated carbocycles. The molecule has 0 aromatic carbocycles. The van der Waals surface area contributed by atoms with Crippen molar-refractivity contribution >= 4 is 0 Å². The van der Waals surface area contributed by atoms with Crippen LogP contribution < -0.4 is 0 Å². The Morgan fingerprint density at radius 3 is 2.05 bits per heavy atom. The Labute approximate surface area is 127 Å². The number of hydrogen-bond acceptors (Lipinski definition) is 2. The highest BCUT2D eigenvalue weighted by Gasteiger charge is 2.05. The summed E-state index contributed by atoms with van der Waals surface area (Å²) in [6, 6.07) is 0. The van der Waals surface area contributed by atoms with Gasteiger partial charge < -0.3 is 10.2 Å². The quantitative estimate of drug-likeness (QED) is 0.519. The van der Waals surface area contributed by atoms with Gasteiger partial charge in [-0.2, -0.15) is 0 Å². The molecule has 0 rings (SSSR count). The monoisotopic (exact) mass is 286 g/mol. The molecule has 0 aromatic heterocycles. The minimum atomic E-state index is -0.369. The molecule has 122 valence electrons. The van der Waals surface area contributed by atoms with Gasteiger partial charge in [0.25, 0.3) is 0 Å². The Kier molecular flexibility index (Phi) is 18.3. The maximum absolute atomic E-state index is 9.06. The maximum atomic E-state index is 9.06. The van der Waals surface area contributed by atoms with E-state index >= 15 is 0 Å². The van der Waals surface area contributed by atoms with Gasteiger partial charge in [0, 0.05) is 0 Å². The van der Waals surface area contributed by atoms with Crippen molar-refractivity contribution in [1.82, 2.24) is 0 Å². The topological polar surface area (TPSA) is 40.5 Å². The summed E-state index contributed by atoms with van der Waals surface area (Å²) in [7, 11) is 0. The van der Waals surface area contributed by atoms with Crippen LogP contribution in [0.15, 0.2) is 12.7 Å². The Hall–Kier alpha value is -0.340. The van der Waals surface area contributed by atoms with Gasteiger partial charge in [0.05, 0.1) is 12.2 Å². The molecule has 0 aliphatic carbocycles. The fraction of sp³-hybridized carbons (Fsp3) is 0.889. The Morgan fingerprint density at radius 2 is 1.65 bits per heavy atom. The molecule has 20 heavy (non-hydrogen) atoms. The molecule has 2 heteroatoms. The second-order valence-electron chi connectivity index (χ2n) is 5.81. The second kappa shape index (κ2) is 16.7. The SMILES string of the molecule is C=CCCC(CC)CCCC.CCCC(O)CC(C)O. The molecule has 0 aliphatic rings. The zero-order chi connectivity index (χ0) is 15.8. The lowest BCUT2D eigenvalue weighted by Crippen LogP contribution is -2.13. The highest BCUT2D eigenvalue weighted by Crippen LogP contribution is 2.18. The first-order valence-electron chi connectivity index (χ1n) is 8.48. The van der Waals surface area contributed by atoms with Crippen LogP contribution in [-0.4, -0.2) is 22.4 Å². The average molecular weight is 286 g/mol. The zero-order valence-corrected chi connectivity index (χ0v) is 14.3. The first-order chi connectivity index (χ1) is 9.51. The Balaban J connectivity index is 0. The number of aliphatic hydroxyl groups is 2. The van der Waals surface area contributed by atoms with Crippen molar-refractivity contribution in [2.24, 2.45) is 5.92 Å². The van der Waals surface area contributed by atoms with Gasteiger partial charge in [-0.3, -0.25) is 0 Å². The first kappa shape index (κ1) is 21.9. The summed E-state index contributed by atoms with van der Waals surface area (Å²) in [6.45, 7) is 12.0. The molecule has 3 unspecified atom stereocenters. The van der Waals surface area contributed by atoms with E-state index in [0.29, 0.717) is 6.42 Å². The summed E-state index contributed by atoms with van der Waals surface area (Å²) in [5, 5.41) is 17.8. The first-order valence-corrected chi connectivity index (χ1v) is 8.48. The van der Waals surface area contributed by atoms with Crippen molar-refractivity contribution in [3.8, 4) is 0 Å². The predicted octanol–water partition coefficient (Wildman–Crippen LogP) is 5.09. The van der Waals surface area contributed by atoms with Crippen LogP contribution in [0.5, 0.6) is 0 Å². The van der Waals surface area contributed by atoms with Crippen LogP contribution in [0, 0.1) is 5.92 Å². The van der Waals surface area contributed by atoms with E-state index in [0.717, 1.165) is 18.8 Å². The molecule has 0 aliphatic heterocycles. The zero-order valence-electron chi connectivity index (χ0n) is 14.3. The lowest BCUT2D eigenvalue weighted by molar-refractivity contribution is 0.0848. The molecule has 2 N–H and O–H groups in total. The molecular formula is C18H38O2. The van der Waals surface area contributed by atoms with E-state index in [1.165, 1.54) is 38.5 Å². The van der Waals surface area contributed by atoms with Crippen LogP contribution in [0.2, 0.25) is 0 Å². The summed E-state index contributed by atoms with van der Waals surface area (Å²) in [6.07, 6.45) is 11.7. The number of allylic oxidation sites excluding steroid dienone is 1. The van der Waals surface area contributed by atoms with E-state index in [-0.39, 0.29) is 12.2 Å². The highest BCUT2D eigenvalue weighted by molar-refractivity contribution is 4.69. The van der Waals surface area contributed by atoms with Gasteiger partial charge in [-0.25, -0.2) is 0 Å². The molecule has 0 heterocycles. The van der Waals surface area contributed by atoms with Crippen molar-refractivity contribution in [2.75, 3.05) is 0 Å². The lowest BCUT2D eigenvalue weighted by Gasteiger charge is -2.12. The molecule has 2 nitrogen and oxygen atoms in total. The standard InChI is InChI=1S/C11H22.C7H16O2/c1-4-7-9-11(6-3)10-8-5-2;1-3-4-7(9)5-6(2)8/h4,11H,1,5-10H2,2-3H3;6-9H,3-5H2,1-2H3. The van der Waals surface area contributed by atoms with Crippen molar-refractivity contribution in [3.63, 3.8) is 0 Å². The largest absolute Gasteiger partial charge is 0.393 e. The van der Waals surface area contributed by atoms with Gasteiger partial charge in [0.15, 0.2) is 0 Å². The molecule has 0 fully saturated rings. The van der Waals surface area contributed by atoms with Crippen LogP contribution in [0.3, 0.4) is 0 Å². The summed E-state index contributed by atoms with van der Waals surface area (Å²) < 4.78 is 0. The molecule has 0 bridgehead atoms. The summed E-state index contributed by atoms with van der Waals surface area (Å²) in [5.41, 5.74) is 0. The molecule has 3 atom stereocenters. The third-order valence-electron chi connectivity index (χ3n) is 3.56. The van der Waals surface area contributed by atoms with Gasteiger partial charge in [-0.1, -0.05) is 59.0 Å². The lowest BCUT2D eigenvalue weighted by atomic mass is 9.94. The third kappa shape index (κ3) is 17.7. The van der Waals surface area contributed by atoms with E-state index in [2.05, 4.69) is 20.4 Å². The van der Waals surface area contributed by atoms with Crippen molar-refractivity contribution < 1.29 is 10.2 Å². The second-order valence-corrected chi connectivity index (χ2v) is 5.81. The summed E-state index contributed by atoms with van der Waals surface area (Å²) in [5.74, 6) is 0.952. The third-order valence-corrected chi connectivity index (χ3v) is 3.56. The average Bonchev–Trinajstić information content (AvgIpc) is 2.39. The summed E-state index contributed by atoms with van der Waals surface area (Å²) in [4.78, 5) is 0. The van der Waals surface area contributed by atoms with E-state index in [1.54, 1.807) is 6.92 Å². The van der Waals surface area contributed by atoms with Gasteiger partial charge in [0.2, 0.25) is 0 Å². The minimum absolute atomic E-state index is 0.310. The van der Waals surface area contributed by atoms with Crippen LogP contribution in [0.1, 0.15) is 85.5 Å². The normalized spacial score (nSPS) is 14.9. The van der Waals surface area contributed by atoms with Crippen LogP contribution >= 0.6 is 0 Å². The minimum Gasteiger partial charge on any atom is -0.393 e. The number of hydrogen-bond donors (Lipinski definition) is 2. The fourth-order valence-corrected chi connectivity index (χ4v) is 2.24. The van der Waals surface area contributed by atoms with Crippen molar-refractivity contribution in [2.45, 2.75) is 97.7 Å². The predicted molar refractivity (Wildman–Crippen MR) is 89.9 cm³/mol. The van der Waals surface area contributed by atoms with Crippen molar-refractivity contribution in [1.29, 1.82) is 0 Å². The molecule has 0 aromatic rings. The molecular weight excluding hydrogens is 248 g/mol. The number of aliphatic hydroxyl groups excluding tert-OH is 2. The van der Waals surface area contributed by atoms with Gasteiger partial charge >= 0.3 is 0 Å². The Bertz CT molecular complexity index is 190. The number of rotatable bonds is 11. The Morgan fingerprint density at radius 1 is 1.00 bits per heavy atom. The highest BCUT2D eigenvalue weighted by atomic mass is 16.3. The number of unbranched alkanes of at least 4 members (excludes halogenated alkanes) is 1. The maximum Gasteiger partial charge on any atom is 0.0564 e. The van der Waals surface area contributed by atoms with Crippen LogP contribution in [-0.2, 0) is 0 Å². The van der Waals surface area contributed by atoms with E-state index in [4.69, 9.17) is 10.2 Å². The van der Waals surface area contributed by atoms with Gasteiger partial charge in [0.1, 0.15) is 0 Å².